The number of carbonyl (C=O) groups excluding carboxylic acids is 1. The third kappa shape index (κ3) is 4.00. The summed E-state index contributed by atoms with van der Waals surface area (Å²) in [5, 5.41) is 1.56. The summed E-state index contributed by atoms with van der Waals surface area (Å²) in [5.74, 6) is -0.00306. The average Bonchev–Trinajstić information content (AvgIpc) is 2.53. The van der Waals surface area contributed by atoms with Crippen LogP contribution in [0.15, 0.2) is 45.6 Å². The van der Waals surface area contributed by atoms with E-state index in [4.69, 9.17) is 37.1 Å². The highest BCUT2D eigenvalue weighted by Gasteiger charge is 2.12. The molecular formula is C19H14Cl2O5. The second kappa shape index (κ2) is 7.40. The van der Waals surface area contributed by atoms with Gasteiger partial charge < -0.3 is 13.9 Å². The van der Waals surface area contributed by atoms with Crippen LogP contribution in [0.2, 0.25) is 10.0 Å². The Hall–Kier alpha value is -2.50. The Morgan fingerprint density at radius 1 is 1.08 bits per heavy atom. The van der Waals surface area contributed by atoms with Crippen LogP contribution in [0.4, 0.5) is 0 Å². The van der Waals surface area contributed by atoms with Crippen molar-refractivity contribution in [2.24, 2.45) is 0 Å². The van der Waals surface area contributed by atoms with Crippen molar-refractivity contribution in [3.05, 3.63) is 68.0 Å². The molecule has 1 heterocycles. The number of hydrogen-bond acceptors (Lipinski definition) is 5. The highest BCUT2D eigenvalue weighted by Crippen LogP contribution is 2.31. The Kier molecular flexibility index (Phi) is 5.20. The largest absolute Gasteiger partial charge is 0.480 e. The van der Waals surface area contributed by atoms with Crippen molar-refractivity contribution < 1.29 is 18.7 Å². The fourth-order valence-corrected chi connectivity index (χ4v) is 3.18. The molecule has 0 aliphatic heterocycles. The smallest absolute Gasteiger partial charge is 0.349 e. The van der Waals surface area contributed by atoms with Gasteiger partial charge in [-0.25, -0.2) is 9.59 Å². The summed E-state index contributed by atoms with van der Waals surface area (Å²) < 4.78 is 15.8. The summed E-state index contributed by atoms with van der Waals surface area (Å²) in [6.07, 6.45) is 0. The van der Waals surface area contributed by atoms with Crippen molar-refractivity contribution in [2.45, 2.75) is 13.8 Å². The predicted octanol–water partition coefficient (Wildman–Crippen LogP) is 4.70. The first-order valence-corrected chi connectivity index (χ1v) is 8.43. The standard InChI is InChI=1S/C19H14Cl2O5/c1-10-6-17(22)26-16-8-13(3-4-14(10)16)25-18(23)9-24-19-11(2)5-12(20)7-15(19)21/h3-8H,9H2,1-2H3. The van der Waals surface area contributed by atoms with Gasteiger partial charge in [-0.3, -0.25) is 0 Å². The van der Waals surface area contributed by atoms with Gasteiger partial charge in [-0.15, -0.1) is 0 Å². The fraction of sp³-hybridized carbons (Fsp3) is 0.158. The molecule has 0 amide bonds. The van der Waals surface area contributed by atoms with Gasteiger partial charge in [-0.05, 0) is 49.2 Å². The topological polar surface area (TPSA) is 65.7 Å². The highest BCUT2D eigenvalue weighted by molar-refractivity contribution is 6.35. The first-order valence-electron chi connectivity index (χ1n) is 7.67. The third-order valence-corrected chi connectivity index (χ3v) is 4.18. The molecular weight excluding hydrogens is 379 g/mol. The van der Waals surface area contributed by atoms with Gasteiger partial charge in [0.1, 0.15) is 17.1 Å². The molecule has 5 nitrogen and oxygen atoms in total. The van der Waals surface area contributed by atoms with Gasteiger partial charge in [0.2, 0.25) is 0 Å². The molecule has 7 heteroatoms. The molecule has 3 rings (SSSR count). The summed E-state index contributed by atoms with van der Waals surface area (Å²) >= 11 is 12.0. The van der Waals surface area contributed by atoms with Crippen LogP contribution >= 0.6 is 23.2 Å². The lowest BCUT2D eigenvalue weighted by Gasteiger charge is -2.11. The summed E-state index contributed by atoms with van der Waals surface area (Å²) in [7, 11) is 0. The molecule has 134 valence electrons. The van der Waals surface area contributed by atoms with Crippen LogP contribution in [0.1, 0.15) is 11.1 Å². The maximum atomic E-state index is 12.0. The summed E-state index contributed by atoms with van der Waals surface area (Å²) in [6, 6.07) is 9.44. The first kappa shape index (κ1) is 18.3. The minimum absolute atomic E-state index is 0.249. The molecule has 3 aromatic rings. The molecule has 0 N–H and O–H groups in total. The van der Waals surface area contributed by atoms with Gasteiger partial charge in [-0.1, -0.05) is 23.2 Å². The molecule has 0 bridgehead atoms. The van der Waals surface area contributed by atoms with Gasteiger partial charge >= 0.3 is 11.6 Å². The average molecular weight is 393 g/mol. The molecule has 2 aromatic carbocycles. The van der Waals surface area contributed by atoms with Gasteiger partial charge in [-0.2, -0.15) is 0 Å². The number of benzene rings is 2. The van der Waals surface area contributed by atoms with E-state index in [9.17, 15) is 9.59 Å². The van der Waals surface area contributed by atoms with Crippen LogP contribution in [0.5, 0.6) is 11.5 Å². The van der Waals surface area contributed by atoms with Gasteiger partial charge in [0.25, 0.3) is 0 Å². The lowest BCUT2D eigenvalue weighted by molar-refractivity contribution is -0.136. The number of fused-ring (bicyclic) bond motifs is 1. The van der Waals surface area contributed by atoms with Crippen LogP contribution in [0.25, 0.3) is 11.0 Å². The zero-order chi connectivity index (χ0) is 18.8. The van der Waals surface area contributed by atoms with Crippen molar-refractivity contribution in [1.29, 1.82) is 0 Å². The maximum absolute atomic E-state index is 12.0. The molecule has 0 fully saturated rings. The van der Waals surface area contributed by atoms with Crippen molar-refractivity contribution >= 4 is 40.1 Å². The maximum Gasteiger partial charge on any atom is 0.349 e. The quantitative estimate of drug-likeness (QED) is 0.365. The number of rotatable bonds is 4. The number of hydrogen-bond donors (Lipinski definition) is 0. The van der Waals surface area contributed by atoms with Crippen LogP contribution in [0.3, 0.4) is 0 Å². The lowest BCUT2D eigenvalue weighted by Crippen LogP contribution is -2.18. The fourth-order valence-electron chi connectivity index (χ4n) is 2.53. The zero-order valence-corrected chi connectivity index (χ0v) is 15.5. The number of aryl methyl sites for hydroxylation is 2. The molecule has 26 heavy (non-hydrogen) atoms. The van der Waals surface area contributed by atoms with Gasteiger partial charge in [0, 0.05) is 22.5 Å². The Labute approximate surface area is 159 Å². The first-order chi connectivity index (χ1) is 12.3. The summed E-state index contributed by atoms with van der Waals surface area (Å²) in [4.78, 5) is 23.5. The second-order valence-electron chi connectivity index (χ2n) is 5.70. The number of halogens is 2. The predicted molar refractivity (Wildman–Crippen MR) is 99.6 cm³/mol. The Bertz CT molecular complexity index is 1030. The molecule has 0 spiro atoms. The molecule has 1 aromatic heterocycles. The van der Waals surface area contributed by atoms with Crippen molar-refractivity contribution in [3.63, 3.8) is 0 Å². The Morgan fingerprint density at radius 2 is 1.85 bits per heavy atom. The molecule has 0 aliphatic rings. The number of esters is 1. The molecule has 0 unspecified atom stereocenters. The highest BCUT2D eigenvalue weighted by atomic mass is 35.5. The van der Waals surface area contributed by atoms with E-state index in [1.165, 1.54) is 18.2 Å². The minimum atomic E-state index is -0.621. The van der Waals surface area contributed by atoms with Crippen LogP contribution in [-0.2, 0) is 4.79 Å². The molecule has 0 radical (unpaired) electrons. The van der Waals surface area contributed by atoms with E-state index in [0.717, 1.165) is 10.9 Å². The van der Waals surface area contributed by atoms with E-state index in [-0.39, 0.29) is 12.4 Å². The van der Waals surface area contributed by atoms with Crippen molar-refractivity contribution in [3.8, 4) is 11.5 Å². The Balaban J connectivity index is 1.72. The number of ether oxygens (including phenoxy) is 2. The normalized spacial score (nSPS) is 10.8. The third-order valence-electron chi connectivity index (χ3n) is 3.68. The van der Waals surface area contributed by atoms with E-state index in [1.807, 2.05) is 0 Å². The van der Waals surface area contributed by atoms with E-state index in [1.54, 1.807) is 32.0 Å². The van der Waals surface area contributed by atoms with Gasteiger partial charge in [0.05, 0.1) is 5.02 Å². The van der Waals surface area contributed by atoms with E-state index < -0.39 is 11.6 Å². The Morgan fingerprint density at radius 3 is 2.58 bits per heavy atom. The molecule has 0 saturated heterocycles. The van der Waals surface area contributed by atoms with E-state index >= 15 is 0 Å². The molecule has 0 atom stereocenters. The zero-order valence-electron chi connectivity index (χ0n) is 14.0. The minimum Gasteiger partial charge on any atom is -0.480 e. The SMILES string of the molecule is Cc1cc(Cl)cc(Cl)c1OCC(=O)Oc1ccc2c(C)cc(=O)oc2c1. The summed E-state index contributed by atoms with van der Waals surface area (Å²) in [6.45, 7) is 3.24. The molecule has 0 aliphatic carbocycles. The van der Waals surface area contributed by atoms with Crippen LogP contribution in [0, 0.1) is 13.8 Å². The summed E-state index contributed by atoms with van der Waals surface area (Å²) in [5.41, 5.74) is 1.37. The second-order valence-corrected chi connectivity index (χ2v) is 6.55. The van der Waals surface area contributed by atoms with Crippen molar-refractivity contribution in [1.82, 2.24) is 0 Å². The number of carbonyl (C=O) groups is 1. The van der Waals surface area contributed by atoms with E-state index in [2.05, 4.69) is 0 Å². The molecule has 0 saturated carbocycles. The van der Waals surface area contributed by atoms with Crippen LogP contribution in [-0.4, -0.2) is 12.6 Å². The monoisotopic (exact) mass is 392 g/mol. The van der Waals surface area contributed by atoms with Crippen molar-refractivity contribution in [2.75, 3.05) is 6.61 Å². The van der Waals surface area contributed by atoms with E-state index in [0.29, 0.717) is 26.9 Å². The van der Waals surface area contributed by atoms with Gasteiger partial charge in [0.15, 0.2) is 6.61 Å². The lowest BCUT2D eigenvalue weighted by atomic mass is 10.1. The van der Waals surface area contributed by atoms with Crippen LogP contribution < -0.4 is 15.1 Å².